The zero-order valence-electron chi connectivity index (χ0n) is 12.5. The van der Waals surface area contributed by atoms with Crippen LogP contribution in [0.1, 0.15) is 45.6 Å². The van der Waals surface area contributed by atoms with E-state index in [0.29, 0.717) is 11.3 Å². The number of nitriles is 1. The average Bonchev–Trinajstić information content (AvgIpc) is 2.35. The first-order chi connectivity index (χ1) is 8.88. The Hall–Kier alpha value is -1.49. The molecule has 0 bridgehead atoms. The lowest BCUT2D eigenvalue weighted by atomic mass is 9.64. The van der Waals surface area contributed by atoms with E-state index in [9.17, 15) is 5.26 Å². The maximum absolute atomic E-state index is 9.72. The molecule has 2 nitrogen and oxygen atoms in total. The number of hydrogen-bond donors (Lipinski definition) is 1. The second kappa shape index (κ2) is 4.89. The van der Waals surface area contributed by atoms with Crippen molar-refractivity contribution >= 4 is 5.69 Å². The van der Waals surface area contributed by atoms with Crippen molar-refractivity contribution in [3.63, 3.8) is 0 Å². The van der Waals surface area contributed by atoms with E-state index in [1.807, 2.05) is 12.1 Å². The summed E-state index contributed by atoms with van der Waals surface area (Å²) in [6.07, 6.45) is 3.12. The lowest BCUT2D eigenvalue weighted by Gasteiger charge is -2.45. The minimum atomic E-state index is -0.415. The molecule has 2 unspecified atom stereocenters. The molecule has 1 aromatic rings. The first-order valence-electron chi connectivity index (χ1n) is 7.14. The van der Waals surface area contributed by atoms with Crippen LogP contribution >= 0.6 is 0 Å². The lowest BCUT2D eigenvalue weighted by molar-refractivity contribution is 0.146. The van der Waals surface area contributed by atoms with Crippen LogP contribution in [0.2, 0.25) is 0 Å². The lowest BCUT2D eigenvalue weighted by Crippen LogP contribution is -2.49. The van der Waals surface area contributed by atoms with Gasteiger partial charge in [0.1, 0.15) is 5.54 Å². The number of hydrogen-bond acceptors (Lipinski definition) is 2. The predicted molar refractivity (Wildman–Crippen MR) is 79.9 cm³/mol. The molecule has 0 aliphatic heterocycles. The zero-order valence-corrected chi connectivity index (χ0v) is 12.5. The molecule has 0 amide bonds. The number of aryl methyl sites for hydroxylation is 1. The molecule has 1 aromatic carbocycles. The van der Waals surface area contributed by atoms with Gasteiger partial charge in [-0.1, -0.05) is 39.0 Å². The Morgan fingerprint density at radius 3 is 2.53 bits per heavy atom. The van der Waals surface area contributed by atoms with Crippen LogP contribution in [0.5, 0.6) is 0 Å². The molecule has 1 saturated carbocycles. The molecular formula is C17H24N2. The minimum Gasteiger partial charge on any atom is -0.367 e. The van der Waals surface area contributed by atoms with E-state index in [0.717, 1.165) is 24.9 Å². The van der Waals surface area contributed by atoms with Crippen LogP contribution in [0, 0.1) is 29.6 Å². The molecule has 102 valence electrons. The molecule has 1 aliphatic rings. The summed E-state index contributed by atoms with van der Waals surface area (Å²) in [6, 6.07) is 10.8. The number of rotatable bonds is 2. The Kier molecular flexibility index (Phi) is 3.58. The van der Waals surface area contributed by atoms with Gasteiger partial charge < -0.3 is 5.32 Å². The first-order valence-corrected chi connectivity index (χ1v) is 7.14. The molecule has 2 heteroatoms. The molecule has 0 spiro atoms. The van der Waals surface area contributed by atoms with Crippen molar-refractivity contribution in [3.8, 4) is 6.07 Å². The molecule has 2 rings (SSSR count). The summed E-state index contributed by atoms with van der Waals surface area (Å²) in [5.41, 5.74) is 2.24. The van der Waals surface area contributed by atoms with E-state index in [1.54, 1.807) is 0 Å². The highest BCUT2D eigenvalue weighted by molar-refractivity contribution is 5.54. The van der Waals surface area contributed by atoms with Crippen molar-refractivity contribution < 1.29 is 0 Å². The van der Waals surface area contributed by atoms with Gasteiger partial charge in [0.05, 0.1) is 6.07 Å². The highest BCUT2D eigenvalue weighted by Gasteiger charge is 2.44. The Bertz CT molecular complexity index is 498. The largest absolute Gasteiger partial charge is 0.367 e. The van der Waals surface area contributed by atoms with E-state index in [4.69, 9.17) is 0 Å². The Morgan fingerprint density at radius 2 is 1.95 bits per heavy atom. The fourth-order valence-electron chi connectivity index (χ4n) is 3.22. The zero-order chi connectivity index (χ0) is 14.1. The number of nitrogens with zero attached hydrogens (tertiary/aromatic N) is 1. The molecule has 0 heterocycles. The van der Waals surface area contributed by atoms with Gasteiger partial charge in [-0.15, -0.1) is 0 Å². The van der Waals surface area contributed by atoms with E-state index in [2.05, 4.69) is 51.2 Å². The molecule has 0 aromatic heterocycles. The predicted octanol–water partition coefficient (Wildman–Crippen LogP) is 4.52. The standard InChI is InChI=1S/C17H24N2/c1-13-7-5-6-8-15(13)19-17(12-18)10-9-16(3,4)11-14(17)2/h5-8,14,19H,9-11H2,1-4H3. The third kappa shape index (κ3) is 2.76. The highest BCUT2D eigenvalue weighted by atomic mass is 15.0. The molecular weight excluding hydrogens is 232 g/mol. The van der Waals surface area contributed by atoms with Gasteiger partial charge in [-0.2, -0.15) is 5.26 Å². The van der Waals surface area contributed by atoms with Crippen molar-refractivity contribution in [2.24, 2.45) is 11.3 Å². The maximum atomic E-state index is 9.72. The Morgan fingerprint density at radius 1 is 1.26 bits per heavy atom. The number of benzene rings is 1. The quantitative estimate of drug-likeness (QED) is 0.844. The van der Waals surface area contributed by atoms with Crippen LogP contribution in [0.15, 0.2) is 24.3 Å². The van der Waals surface area contributed by atoms with Crippen LogP contribution in [-0.2, 0) is 0 Å². The van der Waals surface area contributed by atoms with Crippen molar-refractivity contribution in [3.05, 3.63) is 29.8 Å². The number of nitrogens with one attached hydrogen (secondary N) is 1. The van der Waals surface area contributed by atoms with Gasteiger partial charge in [0.15, 0.2) is 0 Å². The first kappa shape index (κ1) is 13.9. The Labute approximate surface area is 116 Å². The van der Waals surface area contributed by atoms with Crippen LogP contribution in [0.25, 0.3) is 0 Å². The van der Waals surface area contributed by atoms with Gasteiger partial charge in [0, 0.05) is 5.69 Å². The molecule has 1 aliphatic carbocycles. The summed E-state index contributed by atoms with van der Waals surface area (Å²) >= 11 is 0. The molecule has 1 fully saturated rings. The van der Waals surface area contributed by atoms with Crippen LogP contribution in [0.3, 0.4) is 0 Å². The average molecular weight is 256 g/mol. The summed E-state index contributed by atoms with van der Waals surface area (Å²) in [7, 11) is 0. The van der Waals surface area contributed by atoms with Gasteiger partial charge >= 0.3 is 0 Å². The van der Waals surface area contributed by atoms with Gasteiger partial charge in [0.25, 0.3) is 0 Å². The maximum Gasteiger partial charge on any atom is 0.128 e. The molecule has 19 heavy (non-hydrogen) atoms. The van der Waals surface area contributed by atoms with Crippen LogP contribution in [-0.4, -0.2) is 5.54 Å². The summed E-state index contributed by atoms with van der Waals surface area (Å²) in [5.74, 6) is 0.362. The Balaban J connectivity index is 2.26. The fraction of sp³-hybridized carbons (Fsp3) is 0.588. The topological polar surface area (TPSA) is 35.8 Å². The fourth-order valence-corrected chi connectivity index (χ4v) is 3.22. The third-order valence-electron chi connectivity index (χ3n) is 4.60. The van der Waals surface area contributed by atoms with Crippen molar-refractivity contribution in [1.82, 2.24) is 0 Å². The second-order valence-corrected chi connectivity index (χ2v) is 6.79. The van der Waals surface area contributed by atoms with Crippen LogP contribution < -0.4 is 5.32 Å². The molecule has 0 radical (unpaired) electrons. The van der Waals surface area contributed by atoms with E-state index in [-0.39, 0.29) is 0 Å². The van der Waals surface area contributed by atoms with E-state index >= 15 is 0 Å². The molecule has 2 atom stereocenters. The minimum absolute atomic E-state index is 0.354. The summed E-state index contributed by atoms with van der Waals surface area (Å²) in [6.45, 7) is 8.90. The van der Waals surface area contributed by atoms with Crippen molar-refractivity contribution in [1.29, 1.82) is 5.26 Å². The number of para-hydroxylation sites is 1. The monoisotopic (exact) mass is 256 g/mol. The molecule has 1 N–H and O–H groups in total. The van der Waals surface area contributed by atoms with E-state index < -0.39 is 5.54 Å². The third-order valence-corrected chi connectivity index (χ3v) is 4.60. The smallest absolute Gasteiger partial charge is 0.128 e. The van der Waals surface area contributed by atoms with E-state index in [1.165, 1.54) is 5.56 Å². The summed E-state index contributed by atoms with van der Waals surface area (Å²) in [5, 5.41) is 13.3. The summed E-state index contributed by atoms with van der Waals surface area (Å²) in [4.78, 5) is 0. The highest BCUT2D eigenvalue weighted by Crippen LogP contribution is 2.45. The van der Waals surface area contributed by atoms with Crippen molar-refractivity contribution in [2.75, 3.05) is 5.32 Å². The van der Waals surface area contributed by atoms with Crippen molar-refractivity contribution in [2.45, 2.75) is 52.5 Å². The number of anilines is 1. The van der Waals surface area contributed by atoms with Crippen LogP contribution in [0.4, 0.5) is 5.69 Å². The van der Waals surface area contributed by atoms with Gasteiger partial charge in [-0.25, -0.2) is 0 Å². The van der Waals surface area contributed by atoms with Gasteiger partial charge in [-0.05, 0) is 49.1 Å². The second-order valence-electron chi connectivity index (χ2n) is 6.79. The van der Waals surface area contributed by atoms with Gasteiger partial charge in [-0.3, -0.25) is 0 Å². The SMILES string of the molecule is Cc1ccccc1NC1(C#N)CCC(C)(C)CC1C. The van der Waals surface area contributed by atoms with Gasteiger partial charge in [0.2, 0.25) is 0 Å². The normalized spacial score (nSPS) is 29.5. The molecule has 0 saturated heterocycles. The summed E-state index contributed by atoms with van der Waals surface area (Å²) < 4.78 is 0.